The third kappa shape index (κ3) is 3.98. The lowest BCUT2D eigenvalue weighted by atomic mass is 10.2. The van der Waals surface area contributed by atoms with E-state index >= 15 is 0 Å². The summed E-state index contributed by atoms with van der Waals surface area (Å²) in [7, 11) is 0. The molecule has 1 aromatic rings. The molecule has 0 aliphatic heterocycles. The number of hydrogen-bond donors (Lipinski definition) is 2. The molecular weight excluding hydrogens is 192 g/mol. The van der Waals surface area contributed by atoms with Gasteiger partial charge in [0, 0.05) is 6.54 Å². The predicted octanol–water partition coefficient (Wildman–Crippen LogP) is 0.451. The summed E-state index contributed by atoms with van der Waals surface area (Å²) in [6.45, 7) is 0.376. The Labute approximate surface area is 88.9 Å². The van der Waals surface area contributed by atoms with Crippen molar-refractivity contribution in [3.05, 3.63) is 29.8 Å². The maximum atomic E-state index is 9.17. The first-order valence-corrected chi connectivity index (χ1v) is 4.73. The van der Waals surface area contributed by atoms with Crippen molar-refractivity contribution in [2.75, 3.05) is 13.2 Å². The molecule has 0 amide bonds. The van der Waals surface area contributed by atoms with Gasteiger partial charge in [-0.05, 0) is 17.7 Å². The van der Waals surface area contributed by atoms with Gasteiger partial charge in [-0.1, -0.05) is 12.1 Å². The number of aliphatic hydroxyl groups is 1. The Morgan fingerprint density at radius 2 is 2.07 bits per heavy atom. The third-order valence-electron chi connectivity index (χ3n) is 1.92. The van der Waals surface area contributed by atoms with Crippen LogP contribution >= 0.6 is 0 Å². The van der Waals surface area contributed by atoms with E-state index in [1.165, 1.54) is 0 Å². The number of aliphatic hydroxyl groups excluding tert-OH is 1. The Balaban J connectivity index is 2.46. The zero-order valence-corrected chi connectivity index (χ0v) is 8.39. The van der Waals surface area contributed by atoms with Crippen molar-refractivity contribution < 1.29 is 9.84 Å². The lowest BCUT2D eigenvalue weighted by molar-refractivity contribution is 0.114. The molecule has 15 heavy (non-hydrogen) atoms. The van der Waals surface area contributed by atoms with Gasteiger partial charge >= 0.3 is 0 Å². The third-order valence-corrected chi connectivity index (χ3v) is 1.92. The minimum absolute atomic E-state index is 0.187. The van der Waals surface area contributed by atoms with Crippen molar-refractivity contribution in [2.24, 2.45) is 5.73 Å². The zero-order chi connectivity index (χ0) is 11.1. The summed E-state index contributed by atoms with van der Waals surface area (Å²) in [5.41, 5.74) is 6.18. The van der Waals surface area contributed by atoms with Crippen LogP contribution in [0.3, 0.4) is 0 Å². The van der Waals surface area contributed by atoms with Gasteiger partial charge in [0.05, 0.1) is 12.5 Å². The highest BCUT2D eigenvalue weighted by molar-refractivity contribution is 5.28. The Bertz CT molecular complexity index is 329. The molecule has 0 saturated heterocycles. The molecule has 0 spiro atoms. The van der Waals surface area contributed by atoms with Crippen LogP contribution in [-0.4, -0.2) is 24.4 Å². The van der Waals surface area contributed by atoms with Crippen LogP contribution in [0.5, 0.6) is 5.75 Å². The van der Waals surface area contributed by atoms with E-state index < -0.39 is 6.10 Å². The molecule has 80 valence electrons. The van der Waals surface area contributed by atoms with E-state index in [1.807, 2.05) is 12.1 Å². The quantitative estimate of drug-likeness (QED) is 0.733. The van der Waals surface area contributed by atoms with E-state index in [9.17, 15) is 0 Å². The average molecular weight is 206 g/mol. The van der Waals surface area contributed by atoms with Crippen LogP contribution in [0.25, 0.3) is 0 Å². The lowest BCUT2D eigenvalue weighted by Crippen LogP contribution is -2.26. The fourth-order valence-electron chi connectivity index (χ4n) is 1.06. The second-order valence-electron chi connectivity index (χ2n) is 3.18. The second kappa shape index (κ2) is 6.02. The Morgan fingerprint density at radius 1 is 1.40 bits per heavy atom. The molecule has 1 unspecified atom stereocenters. The van der Waals surface area contributed by atoms with Crippen molar-refractivity contribution in [2.45, 2.75) is 12.5 Å². The molecule has 1 atom stereocenters. The molecule has 4 heteroatoms. The minimum atomic E-state index is -0.635. The van der Waals surface area contributed by atoms with Gasteiger partial charge in [0.1, 0.15) is 18.5 Å². The Kier molecular flexibility index (Phi) is 4.61. The van der Waals surface area contributed by atoms with Gasteiger partial charge in [-0.25, -0.2) is 0 Å². The predicted molar refractivity (Wildman–Crippen MR) is 56.3 cm³/mol. The van der Waals surface area contributed by atoms with Crippen molar-refractivity contribution >= 4 is 0 Å². The normalized spacial score (nSPS) is 11.8. The summed E-state index contributed by atoms with van der Waals surface area (Å²) in [6.07, 6.45) is -0.241. The van der Waals surface area contributed by atoms with Crippen LogP contribution in [0, 0.1) is 11.3 Å². The zero-order valence-electron chi connectivity index (χ0n) is 8.39. The summed E-state index contributed by atoms with van der Waals surface area (Å²) in [6, 6.07) is 9.27. The molecule has 0 aliphatic rings. The molecule has 0 fully saturated rings. The highest BCUT2D eigenvalue weighted by Gasteiger charge is 2.01. The summed E-state index contributed by atoms with van der Waals surface area (Å²) in [5, 5.41) is 17.6. The number of nitrogens with two attached hydrogens (primary N) is 1. The van der Waals surface area contributed by atoms with Crippen molar-refractivity contribution in [1.82, 2.24) is 0 Å². The van der Waals surface area contributed by atoms with Crippen LogP contribution in [0.2, 0.25) is 0 Å². The van der Waals surface area contributed by atoms with Crippen LogP contribution in [-0.2, 0) is 6.42 Å². The highest BCUT2D eigenvalue weighted by Crippen LogP contribution is 2.12. The topological polar surface area (TPSA) is 79.3 Å². The number of ether oxygens (including phenoxy) is 1. The molecule has 0 bridgehead atoms. The van der Waals surface area contributed by atoms with Crippen molar-refractivity contribution in [3.8, 4) is 11.8 Å². The first-order valence-electron chi connectivity index (χ1n) is 4.73. The number of benzene rings is 1. The van der Waals surface area contributed by atoms with E-state index in [4.69, 9.17) is 20.8 Å². The van der Waals surface area contributed by atoms with Gasteiger partial charge in [0.15, 0.2) is 0 Å². The fourth-order valence-corrected chi connectivity index (χ4v) is 1.06. The van der Waals surface area contributed by atoms with Crippen LogP contribution < -0.4 is 10.5 Å². The monoisotopic (exact) mass is 206 g/mol. The number of rotatable bonds is 5. The highest BCUT2D eigenvalue weighted by atomic mass is 16.5. The van der Waals surface area contributed by atoms with Crippen molar-refractivity contribution in [1.29, 1.82) is 5.26 Å². The molecule has 4 nitrogen and oxygen atoms in total. The SMILES string of the molecule is N#CCc1ccc(OCC(O)CN)cc1. The first kappa shape index (κ1) is 11.5. The maximum absolute atomic E-state index is 9.17. The number of nitriles is 1. The standard InChI is InChI=1S/C11H14N2O2/c12-6-5-9-1-3-11(4-2-9)15-8-10(14)7-13/h1-4,10,14H,5,7-8,13H2. The summed E-state index contributed by atoms with van der Waals surface area (Å²) in [4.78, 5) is 0. The summed E-state index contributed by atoms with van der Waals surface area (Å²) >= 11 is 0. The van der Waals surface area contributed by atoms with Gasteiger partial charge in [0.2, 0.25) is 0 Å². The molecule has 0 radical (unpaired) electrons. The van der Waals surface area contributed by atoms with Gasteiger partial charge in [-0.2, -0.15) is 5.26 Å². The Hall–Kier alpha value is -1.57. The molecule has 0 aromatic heterocycles. The molecule has 0 aliphatic carbocycles. The smallest absolute Gasteiger partial charge is 0.119 e. The van der Waals surface area contributed by atoms with Gasteiger partial charge < -0.3 is 15.6 Å². The lowest BCUT2D eigenvalue weighted by Gasteiger charge is -2.10. The largest absolute Gasteiger partial charge is 0.491 e. The second-order valence-corrected chi connectivity index (χ2v) is 3.18. The summed E-state index contributed by atoms with van der Waals surface area (Å²) in [5.74, 6) is 0.671. The maximum Gasteiger partial charge on any atom is 0.119 e. The number of nitrogens with zero attached hydrogens (tertiary/aromatic N) is 1. The summed E-state index contributed by atoms with van der Waals surface area (Å²) < 4.78 is 5.28. The van der Waals surface area contributed by atoms with Crippen molar-refractivity contribution in [3.63, 3.8) is 0 Å². The number of hydrogen-bond acceptors (Lipinski definition) is 4. The van der Waals surface area contributed by atoms with E-state index in [2.05, 4.69) is 6.07 Å². The van der Waals surface area contributed by atoms with Gasteiger partial charge in [-0.3, -0.25) is 0 Å². The fraction of sp³-hybridized carbons (Fsp3) is 0.364. The average Bonchev–Trinajstić information content (AvgIpc) is 2.28. The Morgan fingerprint density at radius 3 is 2.60 bits per heavy atom. The van der Waals surface area contributed by atoms with Crippen LogP contribution in [0.4, 0.5) is 0 Å². The molecule has 3 N–H and O–H groups in total. The van der Waals surface area contributed by atoms with E-state index in [0.717, 1.165) is 5.56 Å². The van der Waals surface area contributed by atoms with E-state index in [0.29, 0.717) is 12.2 Å². The van der Waals surface area contributed by atoms with E-state index in [1.54, 1.807) is 12.1 Å². The van der Waals surface area contributed by atoms with Crippen LogP contribution in [0.15, 0.2) is 24.3 Å². The molecular formula is C11H14N2O2. The first-order chi connectivity index (χ1) is 7.26. The van der Waals surface area contributed by atoms with Gasteiger partial charge in [0.25, 0.3) is 0 Å². The van der Waals surface area contributed by atoms with Crippen LogP contribution in [0.1, 0.15) is 5.56 Å². The molecule has 1 rings (SSSR count). The molecule has 0 saturated carbocycles. The van der Waals surface area contributed by atoms with Gasteiger partial charge in [-0.15, -0.1) is 0 Å². The van der Waals surface area contributed by atoms with E-state index in [-0.39, 0.29) is 13.2 Å². The molecule has 0 heterocycles. The minimum Gasteiger partial charge on any atom is -0.491 e. The molecule has 1 aromatic carbocycles.